The van der Waals surface area contributed by atoms with Crippen LogP contribution in [0.3, 0.4) is 0 Å². The van der Waals surface area contributed by atoms with E-state index < -0.39 is 0 Å². The first-order chi connectivity index (χ1) is 10.7. The maximum atomic E-state index is 12.0. The second-order valence-corrected chi connectivity index (χ2v) is 5.63. The fourth-order valence-corrected chi connectivity index (χ4v) is 2.35. The number of carbonyl (C=O) groups excluding carboxylic acids is 1. The third-order valence-electron chi connectivity index (χ3n) is 3.64. The number of carbonyl (C=O) groups is 1. The molecule has 0 saturated carbocycles. The van der Waals surface area contributed by atoms with Crippen molar-refractivity contribution in [3.63, 3.8) is 0 Å². The number of aromatic nitrogens is 1. The molecular weight excluding hydrogens is 272 g/mol. The van der Waals surface area contributed by atoms with Gasteiger partial charge in [-0.25, -0.2) is 0 Å². The van der Waals surface area contributed by atoms with Crippen LogP contribution in [0.5, 0.6) is 0 Å². The van der Waals surface area contributed by atoms with E-state index in [0.29, 0.717) is 18.4 Å². The lowest BCUT2D eigenvalue weighted by atomic mass is 9.88. The van der Waals surface area contributed by atoms with Gasteiger partial charge in [0.05, 0.1) is 0 Å². The molecule has 0 saturated heterocycles. The Labute approximate surface area is 132 Å². The number of nitrogens with zero attached hydrogens (tertiary/aromatic N) is 1. The van der Waals surface area contributed by atoms with Gasteiger partial charge in [-0.3, -0.25) is 9.78 Å². The average Bonchev–Trinajstić information content (AvgIpc) is 2.55. The highest BCUT2D eigenvalue weighted by molar-refractivity contribution is 5.91. The zero-order valence-corrected chi connectivity index (χ0v) is 13.1. The molecule has 22 heavy (non-hydrogen) atoms. The summed E-state index contributed by atoms with van der Waals surface area (Å²) in [4.78, 5) is 16.0. The molecule has 0 aliphatic rings. The summed E-state index contributed by atoms with van der Waals surface area (Å²) in [5.41, 5.74) is 2.18. The quantitative estimate of drug-likeness (QED) is 0.826. The van der Waals surface area contributed by atoms with Gasteiger partial charge in [-0.05, 0) is 29.2 Å². The molecule has 3 heteroatoms. The summed E-state index contributed by atoms with van der Waals surface area (Å²) >= 11 is 0. The minimum absolute atomic E-state index is 0.0783. The normalized spacial score (nSPS) is 12.5. The summed E-state index contributed by atoms with van der Waals surface area (Å²) in [7, 11) is 0. The van der Waals surface area contributed by atoms with Crippen LogP contribution < -0.4 is 5.32 Å². The lowest BCUT2D eigenvalue weighted by Gasteiger charge is -2.21. The Kier molecular flexibility index (Phi) is 5.90. The highest BCUT2D eigenvalue weighted by Gasteiger charge is 2.15. The number of hydrogen-bond donors (Lipinski definition) is 1. The van der Waals surface area contributed by atoms with E-state index in [0.717, 1.165) is 5.56 Å². The SMILES string of the molecule is CC(C)C(CNC(=O)C=Cc1cccnc1)c1ccccc1. The molecular formula is C19H22N2O. The smallest absolute Gasteiger partial charge is 0.244 e. The molecule has 0 fully saturated rings. The molecule has 1 aromatic heterocycles. The average molecular weight is 294 g/mol. The number of nitrogens with one attached hydrogen (secondary N) is 1. The summed E-state index contributed by atoms with van der Waals surface area (Å²) in [6.45, 7) is 4.99. The van der Waals surface area contributed by atoms with E-state index in [-0.39, 0.29) is 5.91 Å². The van der Waals surface area contributed by atoms with Crippen molar-refractivity contribution in [2.45, 2.75) is 19.8 Å². The first-order valence-corrected chi connectivity index (χ1v) is 7.57. The van der Waals surface area contributed by atoms with Crippen molar-refractivity contribution >= 4 is 12.0 Å². The molecule has 0 bridgehead atoms. The Hall–Kier alpha value is -2.42. The van der Waals surface area contributed by atoms with Crippen molar-refractivity contribution in [2.24, 2.45) is 5.92 Å². The van der Waals surface area contributed by atoms with Crippen LogP contribution in [0.15, 0.2) is 60.9 Å². The van der Waals surface area contributed by atoms with Gasteiger partial charge >= 0.3 is 0 Å². The minimum Gasteiger partial charge on any atom is -0.352 e. The molecule has 2 rings (SSSR count). The Morgan fingerprint density at radius 2 is 1.95 bits per heavy atom. The number of benzene rings is 1. The number of pyridine rings is 1. The van der Waals surface area contributed by atoms with Crippen molar-refractivity contribution in [2.75, 3.05) is 6.54 Å². The van der Waals surface area contributed by atoms with Crippen molar-refractivity contribution in [3.05, 3.63) is 72.1 Å². The van der Waals surface area contributed by atoms with Crippen LogP contribution in [0.1, 0.15) is 30.9 Å². The Bertz CT molecular complexity index is 606. The van der Waals surface area contributed by atoms with Gasteiger partial charge in [-0.2, -0.15) is 0 Å². The van der Waals surface area contributed by atoms with Crippen molar-refractivity contribution in [1.29, 1.82) is 0 Å². The van der Waals surface area contributed by atoms with Gasteiger partial charge in [0.2, 0.25) is 5.91 Å². The summed E-state index contributed by atoms with van der Waals surface area (Å²) in [6, 6.07) is 14.1. The van der Waals surface area contributed by atoms with E-state index in [9.17, 15) is 4.79 Å². The van der Waals surface area contributed by atoms with Crippen LogP contribution in [0, 0.1) is 5.92 Å². The summed E-state index contributed by atoms with van der Waals surface area (Å²) in [6.07, 6.45) is 6.77. The van der Waals surface area contributed by atoms with Gasteiger partial charge in [0.15, 0.2) is 0 Å². The predicted octanol–water partition coefficient (Wildman–Crippen LogP) is 3.65. The molecule has 3 nitrogen and oxygen atoms in total. The van der Waals surface area contributed by atoms with Crippen LogP contribution in [0.4, 0.5) is 0 Å². The van der Waals surface area contributed by atoms with E-state index in [1.165, 1.54) is 5.56 Å². The van der Waals surface area contributed by atoms with Gasteiger partial charge in [-0.15, -0.1) is 0 Å². The molecule has 1 aromatic carbocycles. The maximum Gasteiger partial charge on any atom is 0.244 e. The van der Waals surface area contributed by atoms with Crippen molar-refractivity contribution in [3.8, 4) is 0 Å². The molecule has 0 aliphatic carbocycles. The number of rotatable bonds is 6. The fraction of sp³-hybridized carbons (Fsp3) is 0.263. The second-order valence-electron chi connectivity index (χ2n) is 5.63. The molecule has 1 N–H and O–H groups in total. The lowest BCUT2D eigenvalue weighted by Crippen LogP contribution is -2.29. The molecule has 1 heterocycles. The highest BCUT2D eigenvalue weighted by atomic mass is 16.1. The highest BCUT2D eigenvalue weighted by Crippen LogP contribution is 2.23. The fourth-order valence-electron chi connectivity index (χ4n) is 2.35. The summed E-state index contributed by atoms with van der Waals surface area (Å²) in [5.74, 6) is 0.701. The minimum atomic E-state index is -0.0783. The molecule has 1 atom stereocenters. The van der Waals surface area contributed by atoms with Crippen LogP contribution in [0.25, 0.3) is 6.08 Å². The Morgan fingerprint density at radius 1 is 1.18 bits per heavy atom. The Morgan fingerprint density at radius 3 is 2.59 bits per heavy atom. The summed E-state index contributed by atoms with van der Waals surface area (Å²) < 4.78 is 0. The van der Waals surface area contributed by atoms with E-state index in [1.807, 2.05) is 30.3 Å². The van der Waals surface area contributed by atoms with Crippen molar-refractivity contribution in [1.82, 2.24) is 10.3 Å². The first kappa shape index (κ1) is 16.0. The standard InChI is InChI=1S/C19H22N2O/c1-15(2)18(17-8-4-3-5-9-17)14-21-19(22)11-10-16-7-6-12-20-13-16/h3-13,15,18H,14H2,1-2H3,(H,21,22). The van der Waals surface area contributed by atoms with E-state index >= 15 is 0 Å². The Balaban J connectivity index is 1.92. The number of amides is 1. The van der Waals surface area contributed by atoms with Gasteiger partial charge < -0.3 is 5.32 Å². The molecule has 0 radical (unpaired) electrons. The van der Waals surface area contributed by atoms with Gasteiger partial charge in [0, 0.05) is 30.9 Å². The summed E-state index contributed by atoms with van der Waals surface area (Å²) in [5, 5.41) is 2.99. The first-order valence-electron chi connectivity index (χ1n) is 7.57. The third kappa shape index (κ3) is 4.85. The molecule has 2 aromatic rings. The van der Waals surface area contributed by atoms with Crippen LogP contribution >= 0.6 is 0 Å². The predicted molar refractivity (Wildman–Crippen MR) is 90.3 cm³/mol. The van der Waals surface area contributed by atoms with E-state index in [2.05, 4.69) is 36.3 Å². The zero-order valence-electron chi connectivity index (χ0n) is 13.1. The van der Waals surface area contributed by atoms with Gasteiger partial charge in [-0.1, -0.05) is 50.2 Å². The van der Waals surface area contributed by atoms with E-state index in [4.69, 9.17) is 0 Å². The lowest BCUT2D eigenvalue weighted by molar-refractivity contribution is -0.116. The van der Waals surface area contributed by atoms with E-state index in [1.54, 1.807) is 24.5 Å². The molecule has 1 amide bonds. The van der Waals surface area contributed by atoms with Crippen LogP contribution in [-0.2, 0) is 4.79 Å². The molecule has 0 spiro atoms. The third-order valence-corrected chi connectivity index (χ3v) is 3.64. The van der Waals surface area contributed by atoms with Crippen molar-refractivity contribution < 1.29 is 4.79 Å². The van der Waals surface area contributed by atoms with Gasteiger partial charge in [0.1, 0.15) is 0 Å². The van der Waals surface area contributed by atoms with Crippen LogP contribution in [0.2, 0.25) is 0 Å². The second kappa shape index (κ2) is 8.13. The van der Waals surface area contributed by atoms with Gasteiger partial charge in [0.25, 0.3) is 0 Å². The van der Waals surface area contributed by atoms with Crippen LogP contribution in [-0.4, -0.2) is 17.4 Å². The largest absolute Gasteiger partial charge is 0.352 e. The monoisotopic (exact) mass is 294 g/mol. The topological polar surface area (TPSA) is 42.0 Å². The maximum absolute atomic E-state index is 12.0. The molecule has 114 valence electrons. The number of hydrogen-bond acceptors (Lipinski definition) is 2. The molecule has 1 unspecified atom stereocenters. The zero-order chi connectivity index (χ0) is 15.8. The molecule has 0 aliphatic heterocycles.